The smallest absolute Gasteiger partial charge is 0.0495 e. The van der Waals surface area contributed by atoms with Gasteiger partial charge >= 0.3 is 0 Å². The lowest BCUT2D eigenvalue weighted by Gasteiger charge is -2.18. The van der Waals surface area contributed by atoms with Gasteiger partial charge in [-0.2, -0.15) is 0 Å². The molecule has 2 nitrogen and oxygen atoms in total. The second-order valence-corrected chi connectivity index (χ2v) is 3.63. The average Bonchev–Trinajstić information content (AvgIpc) is 2.58. The summed E-state index contributed by atoms with van der Waals surface area (Å²) in [6.07, 6.45) is 8.52. The SMILES string of the molecule is C#CCC(CC1CCOC1)NCC. The summed E-state index contributed by atoms with van der Waals surface area (Å²) in [4.78, 5) is 0. The lowest BCUT2D eigenvalue weighted by atomic mass is 9.97. The first-order chi connectivity index (χ1) is 6.36. The van der Waals surface area contributed by atoms with Crippen LogP contribution < -0.4 is 5.32 Å². The summed E-state index contributed by atoms with van der Waals surface area (Å²) < 4.78 is 5.33. The maximum Gasteiger partial charge on any atom is 0.0495 e. The van der Waals surface area contributed by atoms with E-state index in [4.69, 9.17) is 11.2 Å². The van der Waals surface area contributed by atoms with Crippen LogP contribution >= 0.6 is 0 Å². The van der Waals surface area contributed by atoms with Gasteiger partial charge in [-0.05, 0) is 25.3 Å². The Morgan fingerprint density at radius 1 is 1.69 bits per heavy atom. The van der Waals surface area contributed by atoms with E-state index in [-0.39, 0.29) is 0 Å². The first-order valence-electron chi connectivity index (χ1n) is 5.11. The van der Waals surface area contributed by atoms with Crippen molar-refractivity contribution in [2.24, 2.45) is 5.92 Å². The molecule has 0 aromatic carbocycles. The number of ether oxygens (including phenoxy) is 1. The normalized spacial score (nSPS) is 24.2. The van der Waals surface area contributed by atoms with E-state index in [0.717, 1.165) is 38.5 Å². The molecule has 0 saturated carbocycles. The molecule has 0 bridgehead atoms. The number of nitrogens with one attached hydrogen (secondary N) is 1. The Kier molecular flexibility index (Phi) is 4.88. The number of rotatable bonds is 5. The largest absolute Gasteiger partial charge is 0.381 e. The molecule has 1 heterocycles. The van der Waals surface area contributed by atoms with Gasteiger partial charge < -0.3 is 10.1 Å². The predicted octanol–water partition coefficient (Wildman–Crippen LogP) is 1.41. The fraction of sp³-hybridized carbons (Fsp3) is 0.818. The van der Waals surface area contributed by atoms with Crippen LogP contribution in [0.15, 0.2) is 0 Å². The summed E-state index contributed by atoms with van der Waals surface area (Å²) in [5, 5.41) is 3.41. The van der Waals surface area contributed by atoms with Gasteiger partial charge in [0.05, 0.1) is 0 Å². The van der Waals surface area contributed by atoms with E-state index in [9.17, 15) is 0 Å². The minimum atomic E-state index is 0.488. The molecule has 0 amide bonds. The van der Waals surface area contributed by atoms with Crippen LogP contribution in [0.4, 0.5) is 0 Å². The van der Waals surface area contributed by atoms with Crippen molar-refractivity contribution in [1.82, 2.24) is 5.32 Å². The molecular formula is C11H19NO. The molecule has 2 heteroatoms. The molecule has 1 aliphatic rings. The van der Waals surface area contributed by atoms with Crippen LogP contribution in [0.2, 0.25) is 0 Å². The Balaban J connectivity index is 2.24. The molecule has 2 unspecified atom stereocenters. The summed E-state index contributed by atoms with van der Waals surface area (Å²) in [5.41, 5.74) is 0. The van der Waals surface area contributed by atoms with Crippen LogP contribution in [0, 0.1) is 18.3 Å². The van der Waals surface area contributed by atoms with Crippen LogP contribution in [-0.2, 0) is 4.74 Å². The van der Waals surface area contributed by atoms with E-state index < -0.39 is 0 Å². The molecule has 1 aliphatic heterocycles. The van der Waals surface area contributed by atoms with Gasteiger partial charge in [-0.3, -0.25) is 0 Å². The fourth-order valence-electron chi connectivity index (χ4n) is 1.84. The van der Waals surface area contributed by atoms with Gasteiger partial charge in [-0.25, -0.2) is 0 Å². The lowest BCUT2D eigenvalue weighted by molar-refractivity contribution is 0.181. The second kappa shape index (κ2) is 6.01. The monoisotopic (exact) mass is 181 g/mol. The second-order valence-electron chi connectivity index (χ2n) is 3.63. The van der Waals surface area contributed by atoms with Gasteiger partial charge in [-0.15, -0.1) is 12.3 Å². The number of hydrogen-bond acceptors (Lipinski definition) is 2. The van der Waals surface area contributed by atoms with E-state index >= 15 is 0 Å². The van der Waals surface area contributed by atoms with E-state index in [2.05, 4.69) is 18.2 Å². The lowest BCUT2D eigenvalue weighted by Crippen LogP contribution is -2.30. The highest BCUT2D eigenvalue weighted by molar-refractivity contribution is 4.90. The minimum Gasteiger partial charge on any atom is -0.381 e. The first-order valence-corrected chi connectivity index (χ1v) is 5.11. The fourth-order valence-corrected chi connectivity index (χ4v) is 1.84. The number of hydrogen-bond donors (Lipinski definition) is 1. The number of terminal acetylenes is 1. The zero-order valence-corrected chi connectivity index (χ0v) is 8.38. The first kappa shape index (κ1) is 10.6. The van der Waals surface area contributed by atoms with Gasteiger partial charge in [0.1, 0.15) is 0 Å². The van der Waals surface area contributed by atoms with Gasteiger partial charge in [-0.1, -0.05) is 6.92 Å². The van der Waals surface area contributed by atoms with Crippen molar-refractivity contribution < 1.29 is 4.74 Å². The summed E-state index contributed by atoms with van der Waals surface area (Å²) >= 11 is 0. The Morgan fingerprint density at radius 2 is 2.54 bits per heavy atom. The van der Waals surface area contributed by atoms with E-state index in [0.29, 0.717) is 6.04 Å². The molecule has 0 spiro atoms. The zero-order valence-electron chi connectivity index (χ0n) is 8.38. The summed E-state index contributed by atoms with van der Waals surface area (Å²) in [7, 11) is 0. The molecule has 1 rings (SSSR count). The van der Waals surface area contributed by atoms with Crippen molar-refractivity contribution in [3.63, 3.8) is 0 Å². The van der Waals surface area contributed by atoms with Crippen molar-refractivity contribution in [3.8, 4) is 12.3 Å². The van der Waals surface area contributed by atoms with Crippen molar-refractivity contribution in [2.45, 2.75) is 32.2 Å². The van der Waals surface area contributed by atoms with Crippen LogP contribution in [0.1, 0.15) is 26.2 Å². The van der Waals surface area contributed by atoms with Gasteiger partial charge in [0.2, 0.25) is 0 Å². The van der Waals surface area contributed by atoms with Crippen molar-refractivity contribution in [3.05, 3.63) is 0 Å². The Morgan fingerprint density at radius 3 is 3.08 bits per heavy atom. The third-order valence-corrected chi connectivity index (χ3v) is 2.50. The van der Waals surface area contributed by atoms with E-state index in [1.54, 1.807) is 0 Å². The van der Waals surface area contributed by atoms with Gasteiger partial charge in [0.25, 0.3) is 0 Å². The zero-order chi connectivity index (χ0) is 9.52. The predicted molar refractivity (Wildman–Crippen MR) is 54.5 cm³/mol. The highest BCUT2D eigenvalue weighted by Crippen LogP contribution is 2.19. The van der Waals surface area contributed by atoms with Crippen LogP contribution in [0.5, 0.6) is 0 Å². The van der Waals surface area contributed by atoms with Crippen molar-refractivity contribution in [1.29, 1.82) is 0 Å². The topological polar surface area (TPSA) is 21.3 Å². The molecule has 1 fully saturated rings. The molecule has 2 atom stereocenters. The molecule has 0 aromatic heterocycles. The Labute approximate surface area is 81.0 Å². The van der Waals surface area contributed by atoms with Crippen LogP contribution in [0.3, 0.4) is 0 Å². The van der Waals surface area contributed by atoms with Gasteiger partial charge in [0.15, 0.2) is 0 Å². The van der Waals surface area contributed by atoms with Crippen LogP contribution in [0.25, 0.3) is 0 Å². The molecule has 1 N–H and O–H groups in total. The van der Waals surface area contributed by atoms with E-state index in [1.165, 1.54) is 6.42 Å². The maximum absolute atomic E-state index is 5.33. The standard InChI is InChI=1S/C11H19NO/c1-3-5-11(12-4-2)8-10-6-7-13-9-10/h1,10-12H,4-9H2,2H3. The quantitative estimate of drug-likeness (QED) is 0.648. The van der Waals surface area contributed by atoms with Crippen molar-refractivity contribution >= 4 is 0 Å². The maximum atomic E-state index is 5.33. The molecule has 0 aromatic rings. The third kappa shape index (κ3) is 3.80. The molecule has 0 radical (unpaired) electrons. The summed E-state index contributed by atoms with van der Waals surface area (Å²) in [6.45, 7) is 4.97. The Bertz CT molecular complexity index is 167. The molecule has 74 valence electrons. The van der Waals surface area contributed by atoms with Crippen LogP contribution in [-0.4, -0.2) is 25.8 Å². The molecule has 1 saturated heterocycles. The minimum absolute atomic E-state index is 0.488. The van der Waals surface area contributed by atoms with Crippen molar-refractivity contribution in [2.75, 3.05) is 19.8 Å². The highest BCUT2D eigenvalue weighted by atomic mass is 16.5. The average molecular weight is 181 g/mol. The Hall–Kier alpha value is -0.520. The molecule has 13 heavy (non-hydrogen) atoms. The highest BCUT2D eigenvalue weighted by Gasteiger charge is 2.19. The van der Waals surface area contributed by atoms with Gasteiger partial charge in [0, 0.05) is 25.7 Å². The third-order valence-electron chi connectivity index (χ3n) is 2.50. The molecule has 0 aliphatic carbocycles. The van der Waals surface area contributed by atoms with E-state index in [1.807, 2.05) is 0 Å². The summed E-state index contributed by atoms with van der Waals surface area (Å²) in [5.74, 6) is 3.44. The molecular weight excluding hydrogens is 162 g/mol. The summed E-state index contributed by atoms with van der Waals surface area (Å²) in [6, 6.07) is 0.488.